The fraction of sp³-hybridized carbons (Fsp3) is 0. The molecule has 0 aromatic heterocycles. The van der Waals surface area contributed by atoms with E-state index < -0.39 is 12.1 Å². The van der Waals surface area contributed by atoms with Crippen LogP contribution in [0.15, 0.2) is 109 Å². The zero-order valence-electron chi connectivity index (χ0n) is 21.7. The lowest BCUT2D eigenvalue weighted by Crippen LogP contribution is -2.36. The molecule has 200 valence electrons. The predicted octanol–water partition coefficient (Wildman–Crippen LogP) is 6.77. The average Bonchev–Trinajstić information content (AvgIpc) is 3.00. The van der Waals surface area contributed by atoms with Crippen LogP contribution in [0.1, 0.15) is 0 Å². The maximum absolute atomic E-state index is 6.83. The molecule has 0 saturated heterocycles. The molecular weight excluding hydrogens is 598 g/mol. The highest BCUT2D eigenvalue weighted by Gasteiger charge is 2.45. The minimum atomic E-state index is -2.56. The van der Waals surface area contributed by atoms with Gasteiger partial charge in [-0.15, -0.1) is 0 Å². The molecule has 8 heteroatoms. The first kappa shape index (κ1) is 23.6. The Kier molecular flexibility index (Phi) is 4.45. The topological polar surface area (TPSA) is 36.9 Å². The molecule has 0 spiro atoms. The van der Waals surface area contributed by atoms with E-state index in [9.17, 15) is 0 Å². The largest absolute Gasteiger partial charge is 0.456 e. The lowest BCUT2D eigenvalue weighted by molar-refractivity contribution is 0.466. The van der Waals surface area contributed by atoms with Crippen LogP contribution in [0, 0.1) is 0 Å². The van der Waals surface area contributed by atoms with Crippen LogP contribution in [-0.2, 0) is 23.6 Å². The molecule has 10 rings (SSSR count). The second-order valence-corrected chi connectivity index (χ2v) is 19.2. The number of para-hydroxylation sites is 2. The molecule has 4 heterocycles. The third kappa shape index (κ3) is 2.75. The van der Waals surface area contributed by atoms with Crippen molar-refractivity contribution in [2.45, 2.75) is 0 Å². The quantitative estimate of drug-likeness (QED) is 0.175. The molecule has 0 saturated carbocycles. The van der Waals surface area contributed by atoms with Crippen LogP contribution in [0.2, 0.25) is 0 Å². The second-order valence-electron chi connectivity index (χ2n) is 10.7. The highest BCUT2D eigenvalue weighted by atomic mass is 32.4. The predicted molar refractivity (Wildman–Crippen MR) is 176 cm³/mol. The molecular formula is C34H18O4P2S2. The molecule has 6 aromatic rings. The summed E-state index contributed by atoms with van der Waals surface area (Å²) >= 11 is 13.6. The van der Waals surface area contributed by atoms with Gasteiger partial charge in [-0.1, -0.05) is 66.1 Å². The van der Waals surface area contributed by atoms with E-state index in [1.165, 1.54) is 0 Å². The molecule has 0 radical (unpaired) electrons. The van der Waals surface area contributed by atoms with Gasteiger partial charge >= 0.3 is 0 Å². The van der Waals surface area contributed by atoms with E-state index in [1.54, 1.807) is 0 Å². The second kappa shape index (κ2) is 7.92. The van der Waals surface area contributed by atoms with E-state index in [1.807, 2.05) is 72.8 Å². The number of rotatable bonds is 0. The van der Waals surface area contributed by atoms with Gasteiger partial charge in [0, 0.05) is 21.2 Å². The average molecular weight is 617 g/mol. The molecule has 2 atom stereocenters. The van der Waals surface area contributed by atoms with Gasteiger partial charge in [-0.05, 0) is 77.5 Å². The van der Waals surface area contributed by atoms with Crippen molar-refractivity contribution in [3.05, 3.63) is 109 Å². The van der Waals surface area contributed by atoms with Crippen molar-refractivity contribution in [2.24, 2.45) is 0 Å². The number of benzene rings is 6. The van der Waals surface area contributed by atoms with E-state index in [0.29, 0.717) is 0 Å². The minimum absolute atomic E-state index is 0.755. The Morgan fingerprint density at radius 3 is 1.50 bits per heavy atom. The Morgan fingerprint density at radius 2 is 0.857 bits per heavy atom. The van der Waals surface area contributed by atoms with Gasteiger partial charge < -0.3 is 18.9 Å². The van der Waals surface area contributed by atoms with Crippen molar-refractivity contribution in [3.8, 4) is 46.0 Å². The van der Waals surface area contributed by atoms with Gasteiger partial charge in [0.15, 0.2) is 0 Å². The smallest absolute Gasteiger partial charge is 0.140 e. The van der Waals surface area contributed by atoms with E-state index in [0.717, 1.165) is 88.6 Å². The highest BCUT2D eigenvalue weighted by molar-refractivity contribution is 8.26. The van der Waals surface area contributed by atoms with Crippen molar-refractivity contribution in [1.82, 2.24) is 0 Å². The Hall–Kier alpha value is -3.92. The first-order chi connectivity index (χ1) is 20.5. The number of fused-ring (bicyclic) bond motifs is 10. The van der Waals surface area contributed by atoms with Gasteiger partial charge in [-0.3, -0.25) is 0 Å². The molecule has 6 aromatic carbocycles. The molecule has 2 unspecified atom stereocenters. The maximum Gasteiger partial charge on any atom is 0.140 e. The summed E-state index contributed by atoms with van der Waals surface area (Å²) in [4.78, 5) is 0. The Morgan fingerprint density at radius 1 is 0.381 bits per heavy atom. The third-order valence-corrected chi connectivity index (χ3v) is 18.3. The fourth-order valence-electron chi connectivity index (χ4n) is 6.80. The van der Waals surface area contributed by atoms with Gasteiger partial charge in [0.1, 0.15) is 46.0 Å². The van der Waals surface area contributed by atoms with Crippen molar-refractivity contribution < 1.29 is 18.9 Å². The summed E-state index contributed by atoms with van der Waals surface area (Å²) in [6.07, 6.45) is 0. The maximum atomic E-state index is 6.83. The Balaban J connectivity index is 1.31. The number of ether oxygens (including phenoxy) is 4. The van der Waals surface area contributed by atoms with Crippen LogP contribution in [0.4, 0.5) is 0 Å². The van der Waals surface area contributed by atoms with E-state index in [-0.39, 0.29) is 0 Å². The van der Waals surface area contributed by atoms with Crippen LogP contribution in [0.25, 0.3) is 10.8 Å². The SMILES string of the molecule is S=P12c3ccccc3Oc3cccc(c31)Oc1cc3c4c(ccc3cc12)Oc1cccc2c1P4(=S)c1ccccc1O2. The fourth-order valence-corrected chi connectivity index (χ4v) is 16.1. The molecule has 4 nitrogen and oxygen atoms in total. The van der Waals surface area contributed by atoms with Gasteiger partial charge in [0.2, 0.25) is 0 Å². The molecule has 0 N–H and O–H groups in total. The van der Waals surface area contributed by atoms with Crippen LogP contribution in [-0.4, -0.2) is 0 Å². The van der Waals surface area contributed by atoms with Crippen LogP contribution in [0.3, 0.4) is 0 Å². The number of hydrogen-bond acceptors (Lipinski definition) is 6. The zero-order valence-corrected chi connectivity index (χ0v) is 25.2. The monoisotopic (exact) mass is 616 g/mol. The Labute approximate surface area is 251 Å². The van der Waals surface area contributed by atoms with Gasteiger partial charge in [-0.2, -0.15) is 0 Å². The first-order valence-corrected chi connectivity index (χ1v) is 19.2. The summed E-state index contributed by atoms with van der Waals surface area (Å²) in [5.74, 6) is 6.23. The standard InChI is InChI=1S/C34H18O4P2S2/c41-39-29-13-3-1-7-21(29)35-23-9-5-10-24(33(23)39)38-28-18-20-19(17-31(28)39)15-16-27-32(20)40(42)30-14-4-2-8-22(30)36-25-11-6-12-26(37-27)34(25)40/h1-18H. The molecule has 4 aliphatic rings. The summed E-state index contributed by atoms with van der Waals surface area (Å²) in [5.41, 5.74) is 0. The van der Waals surface area contributed by atoms with Crippen molar-refractivity contribution in [2.75, 3.05) is 0 Å². The highest BCUT2D eigenvalue weighted by Crippen LogP contribution is 2.62. The summed E-state index contributed by atoms with van der Waals surface area (Å²) in [7, 11) is 0. The van der Waals surface area contributed by atoms with Gasteiger partial charge in [0.25, 0.3) is 0 Å². The van der Waals surface area contributed by atoms with Crippen molar-refractivity contribution in [3.63, 3.8) is 0 Å². The lowest BCUT2D eigenvalue weighted by atomic mass is 10.1. The van der Waals surface area contributed by atoms with Gasteiger partial charge in [-0.25, -0.2) is 0 Å². The van der Waals surface area contributed by atoms with Crippen LogP contribution >= 0.6 is 12.1 Å². The molecule has 0 aliphatic carbocycles. The third-order valence-electron chi connectivity index (χ3n) is 8.53. The summed E-state index contributed by atoms with van der Waals surface area (Å²) in [5, 5.41) is 8.18. The molecule has 42 heavy (non-hydrogen) atoms. The summed E-state index contributed by atoms with van der Waals surface area (Å²) < 4.78 is 25.9. The molecule has 0 fully saturated rings. The van der Waals surface area contributed by atoms with Crippen molar-refractivity contribution >= 4 is 78.3 Å². The molecule has 4 aliphatic heterocycles. The summed E-state index contributed by atoms with van der Waals surface area (Å²) in [6, 6.07) is 31.7. The number of hydrogen-bond donors (Lipinski definition) is 0. The first-order valence-electron chi connectivity index (χ1n) is 13.5. The van der Waals surface area contributed by atoms with Gasteiger partial charge in [0.05, 0.1) is 22.7 Å². The van der Waals surface area contributed by atoms with E-state index in [4.69, 9.17) is 42.6 Å². The zero-order chi connectivity index (χ0) is 27.8. The lowest BCUT2D eigenvalue weighted by Gasteiger charge is -2.39. The van der Waals surface area contributed by atoms with Crippen LogP contribution in [0.5, 0.6) is 46.0 Å². The van der Waals surface area contributed by atoms with Crippen LogP contribution < -0.4 is 50.8 Å². The Bertz CT molecular complexity index is 2330. The minimum Gasteiger partial charge on any atom is -0.456 e. The van der Waals surface area contributed by atoms with Crippen molar-refractivity contribution in [1.29, 1.82) is 0 Å². The molecule has 0 amide bonds. The normalized spacial score (nSPS) is 21.0. The molecule has 0 bridgehead atoms. The van der Waals surface area contributed by atoms with E-state index in [2.05, 4.69) is 36.4 Å². The summed E-state index contributed by atoms with van der Waals surface area (Å²) in [6.45, 7) is 0. The van der Waals surface area contributed by atoms with E-state index >= 15 is 0 Å².